The Morgan fingerprint density at radius 3 is 2.71 bits per heavy atom. The Balaban J connectivity index is 2.70. The molecule has 2 aromatic rings. The smallest absolute Gasteiger partial charge is 0.408 e. The van der Waals surface area contributed by atoms with Crippen LogP contribution in [-0.4, -0.2) is 13.0 Å². The molecular formula is C10H10ClNO4S. The summed E-state index contributed by atoms with van der Waals surface area (Å²) in [5.41, 5.74) is 0.797. The second-order valence-electron chi connectivity index (χ2n) is 3.59. The summed E-state index contributed by atoms with van der Waals surface area (Å²) in [6.07, 6.45) is 0.782. The van der Waals surface area contributed by atoms with Gasteiger partial charge in [-0.1, -0.05) is 6.92 Å². The molecule has 0 spiro atoms. The van der Waals surface area contributed by atoms with E-state index in [1.54, 1.807) is 0 Å². The van der Waals surface area contributed by atoms with Crippen LogP contribution in [0.4, 0.5) is 0 Å². The monoisotopic (exact) mass is 275 g/mol. The molecule has 1 aromatic heterocycles. The van der Waals surface area contributed by atoms with Gasteiger partial charge in [0.2, 0.25) is 0 Å². The number of benzene rings is 1. The van der Waals surface area contributed by atoms with Crippen molar-refractivity contribution in [1.82, 2.24) is 4.57 Å². The van der Waals surface area contributed by atoms with Gasteiger partial charge in [-0.3, -0.25) is 4.57 Å². The highest BCUT2D eigenvalue weighted by Gasteiger charge is 2.14. The molecule has 5 nitrogen and oxygen atoms in total. The molecule has 0 N–H and O–H groups in total. The maximum Gasteiger partial charge on any atom is 0.419 e. The molecule has 1 heterocycles. The predicted octanol–water partition coefficient (Wildman–Crippen LogP) is 1.93. The minimum absolute atomic E-state index is 0.0796. The van der Waals surface area contributed by atoms with Gasteiger partial charge < -0.3 is 4.42 Å². The number of aryl methyl sites for hydroxylation is 1. The van der Waals surface area contributed by atoms with E-state index in [2.05, 4.69) is 0 Å². The van der Waals surface area contributed by atoms with Crippen LogP contribution >= 0.6 is 10.7 Å². The highest BCUT2D eigenvalue weighted by molar-refractivity contribution is 8.13. The maximum absolute atomic E-state index is 11.5. The third-order valence-electron chi connectivity index (χ3n) is 2.37. The molecule has 0 unspecified atom stereocenters. The summed E-state index contributed by atoms with van der Waals surface area (Å²) in [6, 6.07) is 4.13. The lowest BCUT2D eigenvalue weighted by molar-refractivity contribution is 0.502. The van der Waals surface area contributed by atoms with E-state index in [-0.39, 0.29) is 10.5 Å². The van der Waals surface area contributed by atoms with Crippen molar-refractivity contribution in [3.8, 4) is 0 Å². The molecule has 0 saturated carbocycles. The Labute approximate surface area is 102 Å². The highest BCUT2D eigenvalue weighted by atomic mass is 35.7. The Kier molecular flexibility index (Phi) is 3.01. The lowest BCUT2D eigenvalue weighted by Gasteiger charge is -1.99. The lowest BCUT2D eigenvalue weighted by Crippen LogP contribution is -2.13. The molecule has 0 aliphatic heterocycles. The summed E-state index contributed by atoms with van der Waals surface area (Å²) >= 11 is 0. The first kappa shape index (κ1) is 12.2. The van der Waals surface area contributed by atoms with Crippen LogP contribution in [0.5, 0.6) is 0 Å². The number of hydrogen-bond donors (Lipinski definition) is 0. The van der Waals surface area contributed by atoms with Crippen LogP contribution in [-0.2, 0) is 15.6 Å². The van der Waals surface area contributed by atoms with Crippen molar-refractivity contribution >= 4 is 30.8 Å². The van der Waals surface area contributed by atoms with Crippen molar-refractivity contribution in [2.75, 3.05) is 0 Å². The summed E-state index contributed by atoms with van der Waals surface area (Å²) in [5.74, 6) is -0.494. The number of fused-ring (bicyclic) bond motifs is 1. The van der Waals surface area contributed by atoms with Gasteiger partial charge in [0, 0.05) is 23.3 Å². The molecule has 0 atom stereocenters. The maximum atomic E-state index is 11.5. The Morgan fingerprint density at radius 1 is 1.41 bits per heavy atom. The molecule has 7 heteroatoms. The standard InChI is InChI=1S/C10H10ClNO4S/c1-2-5-12-8-4-3-7(17(11,14)15)6-9(8)16-10(12)13/h3-4,6H,2,5H2,1H3. The molecule has 0 aliphatic carbocycles. The molecule has 0 fully saturated rings. The fraction of sp³-hybridized carbons (Fsp3) is 0.300. The van der Waals surface area contributed by atoms with Gasteiger partial charge in [-0.2, -0.15) is 0 Å². The van der Waals surface area contributed by atoms with Crippen LogP contribution in [0.3, 0.4) is 0 Å². The summed E-state index contributed by atoms with van der Waals surface area (Å²) in [4.78, 5) is 11.4. The molecule has 1 aromatic carbocycles. The van der Waals surface area contributed by atoms with Crippen LogP contribution in [0.15, 0.2) is 32.3 Å². The summed E-state index contributed by atoms with van der Waals surface area (Å²) in [5, 5.41) is 0. The SMILES string of the molecule is CCCn1c(=O)oc2cc(S(=O)(=O)Cl)ccc21. The largest absolute Gasteiger partial charge is 0.419 e. The first-order valence-electron chi connectivity index (χ1n) is 5.01. The van der Waals surface area contributed by atoms with Gasteiger partial charge in [0.1, 0.15) is 0 Å². The number of aromatic nitrogens is 1. The van der Waals surface area contributed by atoms with Crippen LogP contribution in [0.25, 0.3) is 11.1 Å². The second-order valence-corrected chi connectivity index (χ2v) is 6.15. The van der Waals surface area contributed by atoms with Gasteiger partial charge in [-0.25, -0.2) is 13.2 Å². The van der Waals surface area contributed by atoms with Crippen LogP contribution < -0.4 is 5.76 Å². The van der Waals surface area contributed by atoms with E-state index in [1.165, 1.54) is 22.8 Å². The topological polar surface area (TPSA) is 69.3 Å². The van der Waals surface area contributed by atoms with Gasteiger partial charge in [0.05, 0.1) is 10.4 Å². The van der Waals surface area contributed by atoms with Gasteiger partial charge >= 0.3 is 5.76 Å². The minimum atomic E-state index is -3.81. The molecular weight excluding hydrogens is 266 g/mol. The lowest BCUT2D eigenvalue weighted by atomic mass is 10.3. The van der Waals surface area contributed by atoms with Crippen molar-refractivity contribution in [3.63, 3.8) is 0 Å². The van der Waals surface area contributed by atoms with Gasteiger partial charge in [0.25, 0.3) is 9.05 Å². The van der Waals surface area contributed by atoms with Crippen LogP contribution in [0.2, 0.25) is 0 Å². The molecule has 0 aliphatic rings. The Morgan fingerprint density at radius 2 is 2.12 bits per heavy atom. The summed E-state index contributed by atoms with van der Waals surface area (Å²) in [6.45, 7) is 2.46. The first-order valence-corrected chi connectivity index (χ1v) is 7.32. The zero-order valence-electron chi connectivity index (χ0n) is 9.01. The zero-order chi connectivity index (χ0) is 12.6. The van der Waals surface area contributed by atoms with Crippen molar-refractivity contribution < 1.29 is 12.8 Å². The van der Waals surface area contributed by atoms with Gasteiger partial charge in [-0.05, 0) is 18.6 Å². The first-order chi connectivity index (χ1) is 7.93. The highest BCUT2D eigenvalue weighted by Crippen LogP contribution is 2.21. The number of hydrogen-bond acceptors (Lipinski definition) is 4. The molecule has 0 amide bonds. The fourth-order valence-electron chi connectivity index (χ4n) is 1.63. The van der Waals surface area contributed by atoms with E-state index in [0.29, 0.717) is 12.1 Å². The molecule has 17 heavy (non-hydrogen) atoms. The van der Waals surface area contributed by atoms with E-state index in [1.807, 2.05) is 6.92 Å². The molecule has 0 bridgehead atoms. The normalized spacial score (nSPS) is 12.1. The molecule has 0 saturated heterocycles. The number of nitrogens with zero attached hydrogens (tertiary/aromatic N) is 1. The average molecular weight is 276 g/mol. The third kappa shape index (κ3) is 2.23. The molecule has 92 valence electrons. The van der Waals surface area contributed by atoms with E-state index in [4.69, 9.17) is 15.1 Å². The Hall–Kier alpha value is -1.27. The second kappa shape index (κ2) is 4.19. The Bertz CT molecular complexity index is 713. The van der Waals surface area contributed by atoms with Crippen LogP contribution in [0, 0.1) is 0 Å². The summed E-state index contributed by atoms with van der Waals surface area (Å²) < 4.78 is 28.7. The van der Waals surface area contributed by atoms with Gasteiger partial charge in [0.15, 0.2) is 5.58 Å². The molecule has 2 rings (SSSR count). The fourth-order valence-corrected chi connectivity index (χ4v) is 2.40. The van der Waals surface area contributed by atoms with E-state index in [0.717, 1.165) is 6.42 Å². The quantitative estimate of drug-likeness (QED) is 0.803. The van der Waals surface area contributed by atoms with Gasteiger partial charge in [-0.15, -0.1) is 0 Å². The van der Waals surface area contributed by atoms with Crippen molar-refractivity contribution in [1.29, 1.82) is 0 Å². The third-order valence-corrected chi connectivity index (χ3v) is 3.72. The number of rotatable bonds is 3. The van der Waals surface area contributed by atoms with Crippen molar-refractivity contribution in [3.05, 3.63) is 28.7 Å². The van der Waals surface area contributed by atoms with Crippen molar-refractivity contribution in [2.45, 2.75) is 24.8 Å². The summed E-state index contributed by atoms with van der Waals surface area (Å²) in [7, 11) is 1.40. The van der Waals surface area contributed by atoms with E-state index >= 15 is 0 Å². The van der Waals surface area contributed by atoms with Crippen molar-refractivity contribution in [2.24, 2.45) is 0 Å². The minimum Gasteiger partial charge on any atom is -0.408 e. The van der Waals surface area contributed by atoms with E-state index < -0.39 is 14.8 Å². The predicted molar refractivity (Wildman–Crippen MR) is 63.8 cm³/mol. The molecule has 0 radical (unpaired) electrons. The van der Waals surface area contributed by atoms with Crippen LogP contribution in [0.1, 0.15) is 13.3 Å². The average Bonchev–Trinajstić information content (AvgIpc) is 2.54. The number of halogens is 1. The number of oxazole rings is 1. The zero-order valence-corrected chi connectivity index (χ0v) is 10.6. The van der Waals surface area contributed by atoms with E-state index in [9.17, 15) is 13.2 Å².